The Morgan fingerprint density at radius 2 is 2.05 bits per heavy atom. The summed E-state index contributed by atoms with van der Waals surface area (Å²) >= 11 is 7.98. The Morgan fingerprint density at radius 3 is 2.68 bits per heavy atom. The van der Waals surface area contributed by atoms with Crippen LogP contribution in [0.3, 0.4) is 0 Å². The molecule has 0 radical (unpaired) electrons. The van der Waals surface area contributed by atoms with Gasteiger partial charge in [0.05, 0.1) is 23.3 Å². The molecule has 0 aliphatic carbocycles. The second kappa shape index (κ2) is 5.88. The van der Waals surface area contributed by atoms with Crippen molar-refractivity contribution in [2.45, 2.75) is 0 Å². The van der Waals surface area contributed by atoms with E-state index in [1.54, 1.807) is 18.2 Å². The molecule has 2 aromatic rings. The third kappa shape index (κ3) is 2.90. The lowest BCUT2D eigenvalue weighted by Gasteiger charge is -2.10. The number of rotatable bonds is 3. The molecule has 0 atom stereocenters. The summed E-state index contributed by atoms with van der Waals surface area (Å²) in [5.74, 6) is -0.735. The molecule has 0 aromatic heterocycles. The van der Waals surface area contributed by atoms with Gasteiger partial charge >= 0.3 is 0 Å². The Labute approximate surface area is 128 Å². The van der Waals surface area contributed by atoms with Gasteiger partial charge in [-0.05, 0) is 52.9 Å². The number of carbonyl (C=O) groups is 1. The van der Waals surface area contributed by atoms with Crippen molar-refractivity contribution in [2.24, 2.45) is 0 Å². The molecular formula is C14H9ClFIO2. The number of halogens is 3. The summed E-state index contributed by atoms with van der Waals surface area (Å²) in [7, 11) is 1.46. The van der Waals surface area contributed by atoms with Crippen molar-refractivity contribution >= 4 is 40.0 Å². The quantitative estimate of drug-likeness (QED) is 0.576. The van der Waals surface area contributed by atoms with Crippen LogP contribution in [0, 0.1) is 9.39 Å². The zero-order chi connectivity index (χ0) is 14.0. The highest BCUT2D eigenvalue weighted by molar-refractivity contribution is 14.1. The van der Waals surface area contributed by atoms with Gasteiger partial charge in [-0.25, -0.2) is 4.39 Å². The molecule has 0 saturated heterocycles. The van der Waals surface area contributed by atoms with E-state index < -0.39 is 11.6 Å². The fourth-order valence-electron chi connectivity index (χ4n) is 1.71. The summed E-state index contributed by atoms with van der Waals surface area (Å²) < 4.78 is 19.8. The minimum Gasteiger partial charge on any atom is -0.496 e. The summed E-state index contributed by atoms with van der Waals surface area (Å²) in [6.07, 6.45) is 0. The van der Waals surface area contributed by atoms with Crippen LogP contribution in [0.5, 0.6) is 5.75 Å². The van der Waals surface area contributed by atoms with Gasteiger partial charge in [-0.15, -0.1) is 0 Å². The van der Waals surface area contributed by atoms with Crippen LogP contribution in [0.2, 0.25) is 5.02 Å². The average molecular weight is 391 g/mol. The molecule has 0 spiro atoms. The molecule has 0 aliphatic heterocycles. The first-order chi connectivity index (χ1) is 9.04. The van der Waals surface area contributed by atoms with E-state index >= 15 is 0 Å². The van der Waals surface area contributed by atoms with Crippen molar-refractivity contribution in [3.63, 3.8) is 0 Å². The smallest absolute Gasteiger partial charge is 0.201 e. The Kier molecular flexibility index (Phi) is 4.42. The molecule has 2 rings (SSSR count). The lowest BCUT2D eigenvalue weighted by atomic mass is 10.0. The van der Waals surface area contributed by atoms with Crippen LogP contribution in [0.15, 0.2) is 36.4 Å². The third-order valence-electron chi connectivity index (χ3n) is 2.60. The highest BCUT2D eigenvalue weighted by Gasteiger charge is 2.21. The van der Waals surface area contributed by atoms with Crippen LogP contribution < -0.4 is 4.74 Å². The van der Waals surface area contributed by atoms with Gasteiger partial charge in [-0.3, -0.25) is 4.79 Å². The van der Waals surface area contributed by atoms with Crippen molar-refractivity contribution in [3.05, 3.63) is 61.9 Å². The van der Waals surface area contributed by atoms with E-state index in [0.717, 1.165) is 3.57 Å². The summed E-state index contributed by atoms with van der Waals surface area (Å²) in [4.78, 5) is 12.4. The zero-order valence-corrected chi connectivity index (χ0v) is 12.8. The van der Waals surface area contributed by atoms with Gasteiger partial charge in [0.15, 0.2) is 0 Å². The van der Waals surface area contributed by atoms with E-state index in [4.69, 9.17) is 16.3 Å². The number of benzene rings is 2. The predicted molar refractivity (Wildman–Crippen MR) is 80.6 cm³/mol. The van der Waals surface area contributed by atoms with Crippen LogP contribution >= 0.6 is 34.2 Å². The van der Waals surface area contributed by atoms with Gasteiger partial charge in [0.2, 0.25) is 5.78 Å². The van der Waals surface area contributed by atoms with Crippen LogP contribution in [0.4, 0.5) is 4.39 Å². The fraction of sp³-hybridized carbons (Fsp3) is 0.0714. The van der Waals surface area contributed by atoms with Gasteiger partial charge in [-0.1, -0.05) is 17.7 Å². The summed E-state index contributed by atoms with van der Waals surface area (Å²) in [6, 6.07) is 9.27. The maximum atomic E-state index is 13.8. The molecule has 2 aromatic carbocycles. The summed E-state index contributed by atoms with van der Waals surface area (Å²) in [6.45, 7) is 0. The van der Waals surface area contributed by atoms with Gasteiger partial charge in [-0.2, -0.15) is 0 Å². The molecule has 98 valence electrons. The molecule has 0 bridgehead atoms. The number of carbonyl (C=O) groups excluding carboxylic acids is 1. The largest absolute Gasteiger partial charge is 0.496 e. The summed E-state index contributed by atoms with van der Waals surface area (Å²) in [5, 5.41) is 0.0888. The first kappa shape index (κ1) is 14.3. The topological polar surface area (TPSA) is 26.3 Å². The van der Waals surface area contributed by atoms with Crippen LogP contribution in [0.1, 0.15) is 15.9 Å². The fourth-order valence-corrected chi connectivity index (χ4v) is 2.45. The van der Waals surface area contributed by atoms with E-state index in [1.165, 1.54) is 25.3 Å². The highest BCUT2D eigenvalue weighted by atomic mass is 127. The van der Waals surface area contributed by atoms with Crippen LogP contribution in [-0.2, 0) is 0 Å². The minimum absolute atomic E-state index is 0.0888. The van der Waals surface area contributed by atoms with Gasteiger partial charge in [0.25, 0.3) is 0 Å². The normalized spacial score (nSPS) is 10.3. The molecule has 0 aliphatic rings. The van der Waals surface area contributed by atoms with Gasteiger partial charge < -0.3 is 4.74 Å². The Balaban J connectivity index is 2.59. The summed E-state index contributed by atoms with van der Waals surface area (Å²) in [5.41, 5.74) is 0.158. The number of hydrogen-bond donors (Lipinski definition) is 0. The first-order valence-corrected chi connectivity index (χ1v) is 6.82. The number of ether oxygens (including phenoxy) is 1. The predicted octanol–water partition coefficient (Wildman–Crippen LogP) is 4.32. The molecule has 5 heteroatoms. The number of hydrogen-bond acceptors (Lipinski definition) is 2. The van der Waals surface area contributed by atoms with Gasteiger partial charge in [0.1, 0.15) is 11.6 Å². The second-order valence-electron chi connectivity index (χ2n) is 3.77. The van der Waals surface area contributed by atoms with Crippen molar-refractivity contribution in [1.29, 1.82) is 0 Å². The monoisotopic (exact) mass is 390 g/mol. The maximum absolute atomic E-state index is 13.8. The maximum Gasteiger partial charge on any atom is 0.201 e. The highest BCUT2D eigenvalue weighted by Crippen LogP contribution is 2.28. The van der Waals surface area contributed by atoms with E-state index in [0.29, 0.717) is 11.3 Å². The molecular weight excluding hydrogens is 382 g/mol. The van der Waals surface area contributed by atoms with Crippen LogP contribution in [-0.4, -0.2) is 12.9 Å². The first-order valence-electron chi connectivity index (χ1n) is 5.37. The lowest BCUT2D eigenvalue weighted by Crippen LogP contribution is -2.07. The SMILES string of the molecule is COc1ccc(I)cc1C(=O)c1c(F)cccc1Cl. The van der Waals surface area contributed by atoms with Crippen LogP contribution in [0.25, 0.3) is 0 Å². The average Bonchev–Trinajstić information content (AvgIpc) is 2.38. The Hall–Kier alpha value is -1.14. The second-order valence-corrected chi connectivity index (χ2v) is 5.42. The van der Waals surface area contributed by atoms with E-state index in [1.807, 2.05) is 0 Å². The van der Waals surface area contributed by atoms with Crippen molar-refractivity contribution in [1.82, 2.24) is 0 Å². The molecule has 0 fully saturated rings. The number of methoxy groups -OCH3 is 1. The van der Waals surface area contributed by atoms with Gasteiger partial charge in [0, 0.05) is 3.57 Å². The molecule has 0 N–H and O–H groups in total. The molecule has 0 amide bonds. The number of ketones is 1. The molecule has 0 heterocycles. The standard InChI is InChI=1S/C14H9ClFIO2/c1-19-12-6-5-8(17)7-9(12)14(18)13-10(15)3-2-4-11(13)16/h2-7H,1H3. The molecule has 19 heavy (non-hydrogen) atoms. The van der Waals surface area contributed by atoms with Crippen molar-refractivity contribution < 1.29 is 13.9 Å². The van der Waals surface area contributed by atoms with E-state index in [2.05, 4.69) is 22.6 Å². The minimum atomic E-state index is -0.640. The van der Waals surface area contributed by atoms with E-state index in [-0.39, 0.29) is 10.6 Å². The molecule has 0 saturated carbocycles. The van der Waals surface area contributed by atoms with E-state index in [9.17, 15) is 9.18 Å². The Morgan fingerprint density at radius 1 is 1.32 bits per heavy atom. The van der Waals surface area contributed by atoms with Crippen molar-refractivity contribution in [3.8, 4) is 5.75 Å². The molecule has 2 nitrogen and oxygen atoms in total. The zero-order valence-electron chi connectivity index (χ0n) is 9.91. The Bertz CT molecular complexity index is 623. The lowest BCUT2D eigenvalue weighted by molar-refractivity contribution is 0.103. The third-order valence-corrected chi connectivity index (χ3v) is 3.58. The molecule has 0 unspecified atom stereocenters. The van der Waals surface area contributed by atoms with Crippen molar-refractivity contribution in [2.75, 3.05) is 7.11 Å².